The molecular weight excluding hydrogens is 265 g/mol. The van der Waals surface area contributed by atoms with Crippen molar-refractivity contribution < 1.29 is 18.3 Å². The third-order valence-corrected chi connectivity index (χ3v) is 3.29. The smallest absolute Gasteiger partial charge is 0.384 e. The summed E-state index contributed by atoms with van der Waals surface area (Å²) in [6, 6.07) is 12.1. The Morgan fingerprint density at radius 3 is 2.10 bits per heavy atom. The molecule has 2 rings (SSSR count). The second kappa shape index (κ2) is 5.67. The van der Waals surface area contributed by atoms with E-state index in [1.54, 1.807) is 12.1 Å². The monoisotopic (exact) mass is 280 g/mol. The Kier molecular flexibility index (Phi) is 4.14. The van der Waals surface area contributed by atoms with Gasteiger partial charge < -0.3 is 5.11 Å². The van der Waals surface area contributed by atoms with Crippen LogP contribution < -0.4 is 0 Å². The summed E-state index contributed by atoms with van der Waals surface area (Å²) in [6.45, 7) is 1.90. The van der Waals surface area contributed by atoms with Gasteiger partial charge in [-0.25, -0.2) is 0 Å². The Labute approximate surface area is 115 Å². The van der Waals surface area contributed by atoms with Gasteiger partial charge in [-0.1, -0.05) is 49.4 Å². The largest absolute Gasteiger partial charge is 0.416 e. The highest BCUT2D eigenvalue weighted by Crippen LogP contribution is 2.37. The summed E-state index contributed by atoms with van der Waals surface area (Å²) in [5, 5.41) is 10.3. The minimum Gasteiger partial charge on any atom is -0.384 e. The molecule has 1 nitrogen and oxygen atoms in total. The molecule has 0 aliphatic carbocycles. The molecule has 4 heteroatoms. The van der Waals surface area contributed by atoms with Gasteiger partial charge in [-0.15, -0.1) is 0 Å². The molecule has 1 N–H and O–H groups in total. The molecule has 1 atom stereocenters. The standard InChI is InChI=1S/C16H15F3O/c1-2-11-7-3-4-8-12(11)15(20)13-9-5-6-10-14(13)16(17,18)19/h3-10,15,20H,2H2,1H3. The van der Waals surface area contributed by atoms with Gasteiger partial charge in [0, 0.05) is 0 Å². The average molecular weight is 280 g/mol. The Morgan fingerprint density at radius 2 is 1.50 bits per heavy atom. The van der Waals surface area contributed by atoms with Crippen LogP contribution in [0.5, 0.6) is 0 Å². The number of benzene rings is 2. The normalized spacial score (nSPS) is 13.2. The molecule has 0 aromatic heterocycles. The maximum Gasteiger partial charge on any atom is 0.416 e. The van der Waals surface area contributed by atoms with Gasteiger partial charge in [0.1, 0.15) is 6.10 Å². The molecule has 0 radical (unpaired) electrons. The summed E-state index contributed by atoms with van der Waals surface area (Å²) in [5.41, 5.74) is 0.461. The first-order chi connectivity index (χ1) is 9.45. The Hall–Kier alpha value is -1.81. The van der Waals surface area contributed by atoms with Crippen LogP contribution in [0.1, 0.15) is 35.3 Å². The molecular formula is C16H15F3O. The van der Waals surface area contributed by atoms with E-state index in [0.717, 1.165) is 11.6 Å². The number of aliphatic hydroxyl groups is 1. The van der Waals surface area contributed by atoms with Crippen molar-refractivity contribution in [1.82, 2.24) is 0 Å². The van der Waals surface area contributed by atoms with Crippen LogP contribution in [0.25, 0.3) is 0 Å². The molecule has 0 aliphatic rings. The van der Waals surface area contributed by atoms with Crippen LogP contribution in [0.3, 0.4) is 0 Å². The highest BCUT2D eigenvalue weighted by Gasteiger charge is 2.35. The fourth-order valence-electron chi connectivity index (χ4n) is 2.28. The topological polar surface area (TPSA) is 20.2 Å². The number of hydrogen-bond acceptors (Lipinski definition) is 1. The molecule has 106 valence electrons. The maximum atomic E-state index is 13.0. The first kappa shape index (κ1) is 14.6. The second-order valence-corrected chi connectivity index (χ2v) is 4.54. The summed E-state index contributed by atoms with van der Waals surface area (Å²) in [5.74, 6) is 0. The van der Waals surface area contributed by atoms with Gasteiger partial charge in [-0.2, -0.15) is 13.2 Å². The van der Waals surface area contributed by atoms with Crippen LogP contribution in [0, 0.1) is 0 Å². The lowest BCUT2D eigenvalue weighted by Gasteiger charge is -2.19. The number of aryl methyl sites for hydroxylation is 1. The minimum absolute atomic E-state index is 0.110. The highest BCUT2D eigenvalue weighted by molar-refractivity contribution is 5.40. The fraction of sp³-hybridized carbons (Fsp3) is 0.250. The first-order valence-corrected chi connectivity index (χ1v) is 6.37. The van der Waals surface area contributed by atoms with Crippen LogP contribution >= 0.6 is 0 Å². The zero-order valence-electron chi connectivity index (χ0n) is 11.0. The van der Waals surface area contributed by atoms with Gasteiger partial charge in [-0.05, 0) is 29.2 Å². The third-order valence-electron chi connectivity index (χ3n) is 3.29. The number of halogens is 3. The third kappa shape index (κ3) is 2.85. The molecule has 2 aromatic carbocycles. The predicted molar refractivity (Wildman–Crippen MR) is 71.3 cm³/mol. The second-order valence-electron chi connectivity index (χ2n) is 4.54. The SMILES string of the molecule is CCc1ccccc1C(O)c1ccccc1C(F)(F)F. The summed E-state index contributed by atoms with van der Waals surface area (Å²) in [4.78, 5) is 0. The summed E-state index contributed by atoms with van der Waals surface area (Å²) in [6.07, 6.45) is -5.09. The van der Waals surface area contributed by atoms with E-state index in [1.807, 2.05) is 19.1 Å². The molecule has 0 bridgehead atoms. The van der Waals surface area contributed by atoms with E-state index in [1.165, 1.54) is 18.2 Å². The maximum absolute atomic E-state index is 13.0. The predicted octanol–water partition coefficient (Wildman–Crippen LogP) is 4.35. The number of rotatable bonds is 3. The molecule has 2 aromatic rings. The van der Waals surface area contributed by atoms with Crippen molar-refractivity contribution >= 4 is 0 Å². The number of hydrogen-bond donors (Lipinski definition) is 1. The van der Waals surface area contributed by atoms with E-state index < -0.39 is 17.8 Å². The lowest BCUT2D eigenvalue weighted by atomic mass is 9.92. The number of alkyl halides is 3. The quantitative estimate of drug-likeness (QED) is 0.886. The zero-order valence-corrected chi connectivity index (χ0v) is 11.0. The van der Waals surface area contributed by atoms with Crippen molar-refractivity contribution in [2.45, 2.75) is 25.6 Å². The number of aliphatic hydroxyl groups excluding tert-OH is 1. The van der Waals surface area contributed by atoms with Crippen LogP contribution in [0.4, 0.5) is 13.2 Å². The van der Waals surface area contributed by atoms with Gasteiger partial charge in [-0.3, -0.25) is 0 Å². The van der Waals surface area contributed by atoms with Gasteiger partial charge in [0.15, 0.2) is 0 Å². The Bertz CT molecular complexity index is 590. The van der Waals surface area contributed by atoms with Gasteiger partial charge in [0.25, 0.3) is 0 Å². The van der Waals surface area contributed by atoms with Gasteiger partial charge in [0.2, 0.25) is 0 Å². The molecule has 20 heavy (non-hydrogen) atoms. The van der Waals surface area contributed by atoms with Crippen molar-refractivity contribution in [1.29, 1.82) is 0 Å². The summed E-state index contributed by atoms with van der Waals surface area (Å²) < 4.78 is 39.0. The Morgan fingerprint density at radius 1 is 0.950 bits per heavy atom. The highest BCUT2D eigenvalue weighted by atomic mass is 19.4. The van der Waals surface area contributed by atoms with Crippen LogP contribution in [0.15, 0.2) is 48.5 Å². The van der Waals surface area contributed by atoms with Crippen molar-refractivity contribution in [2.75, 3.05) is 0 Å². The first-order valence-electron chi connectivity index (χ1n) is 6.37. The zero-order chi connectivity index (χ0) is 14.8. The van der Waals surface area contributed by atoms with Crippen LogP contribution in [-0.4, -0.2) is 5.11 Å². The Balaban J connectivity index is 2.52. The van der Waals surface area contributed by atoms with Crippen molar-refractivity contribution in [3.63, 3.8) is 0 Å². The minimum atomic E-state index is -4.47. The fourth-order valence-corrected chi connectivity index (χ4v) is 2.28. The summed E-state index contributed by atoms with van der Waals surface area (Å²) >= 11 is 0. The van der Waals surface area contributed by atoms with Gasteiger partial charge in [0.05, 0.1) is 5.56 Å². The van der Waals surface area contributed by atoms with E-state index in [9.17, 15) is 18.3 Å². The molecule has 0 spiro atoms. The van der Waals surface area contributed by atoms with Crippen molar-refractivity contribution in [3.8, 4) is 0 Å². The average Bonchev–Trinajstić information content (AvgIpc) is 2.45. The van der Waals surface area contributed by atoms with Crippen LogP contribution in [-0.2, 0) is 12.6 Å². The van der Waals surface area contributed by atoms with E-state index in [-0.39, 0.29) is 5.56 Å². The van der Waals surface area contributed by atoms with E-state index in [2.05, 4.69) is 0 Å². The van der Waals surface area contributed by atoms with Crippen LogP contribution in [0.2, 0.25) is 0 Å². The molecule has 0 saturated heterocycles. The molecule has 0 saturated carbocycles. The lowest BCUT2D eigenvalue weighted by Crippen LogP contribution is -2.13. The molecule has 0 amide bonds. The molecule has 0 aliphatic heterocycles. The van der Waals surface area contributed by atoms with Crippen molar-refractivity contribution in [2.24, 2.45) is 0 Å². The molecule has 0 heterocycles. The lowest BCUT2D eigenvalue weighted by molar-refractivity contribution is -0.139. The van der Waals surface area contributed by atoms with E-state index in [4.69, 9.17) is 0 Å². The summed E-state index contributed by atoms with van der Waals surface area (Å²) in [7, 11) is 0. The van der Waals surface area contributed by atoms with E-state index >= 15 is 0 Å². The van der Waals surface area contributed by atoms with E-state index in [0.29, 0.717) is 12.0 Å². The molecule has 1 unspecified atom stereocenters. The van der Waals surface area contributed by atoms with Crippen molar-refractivity contribution in [3.05, 3.63) is 70.8 Å². The molecule has 0 fully saturated rings. The van der Waals surface area contributed by atoms with Gasteiger partial charge >= 0.3 is 6.18 Å².